The summed E-state index contributed by atoms with van der Waals surface area (Å²) < 4.78 is 0. The number of aromatic nitrogens is 4. The standard InChI is InChI=1S/C19H19N7O6.Ar/c20-19-25-15-14(17(30)26-19)23-11(8-22-15)7-21-10-3-1-9(2-4-10)16(29)24-12(18(31)32)5-6-13(27)28;/h1-4,8,12,21H,5-7H2,(H,24,29)(H,27,28)(H,31,32)(H3,20,22,25,26,30);. The van der Waals surface area contributed by atoms with Gasteiger partial charge in [-0.05, 0) is 30.7 Å². The number of amides is 1. The number of fused-ring (bicyclic) bond motifs is 1. The van der Waals surface area contributed by atoms with Crippen LogP contribution in [0.5, 0.6) is 0 Å². The van der Waals surface area contributed by atoms with Crippen LogP contribution >= 0.6 is 0 Å². The van der Waals surface area contributed by atoms with Crippen LogP contribution in [0.25, 0.3) is 11.2 Å². The van der Waals surface area contributed by atoms with E-state index in [9.17, 15) is 19.2 Å². The fourth-order valence-electron chi connectivity index (χ4n) is 2.75. The Kier molecular flexibility index (Phi) is 9.08. The summed E-state index contributed by atoms with van der Waals surface area (Å²) >= 11 is 0. The fourth-order valence-corrected chi connectivity index (χ4v) is 2.75. The largest absolute Gasteiger partial charge is 0.481 e. The van der Waals surface area contributed by atoms with Crippen LogP contribution in [0.3, 0.4) is 0 Å². The van der Waals surface area contributed by atoms with Crippen LogP contribution in [0.1, 0.15) is 28.9 Å². The van der Waals surface area contributed by atoms with Gasteiger partial charge in [0.25, 0.3) is 11.5 Å². The van der Waals surface area contributed by atoms with Crippen molar-refractivity contribution < 1.29 is 62.3 Å². The molecule has 174 valence electrons. The number of anilines is 2. The molecule has 1 atom stereocenters. The molecule has 3 rings (SSSR count). The van der Waals surface area contributed by atoms with Gasteiger partial charge in [0, 0.05) is 55.4 Å². The Morgan fingerprint density at radius 1 is 1.12 bits per heavy atom. The van der Waals surface area contributed by atoms with E-state index in [2.05, 4.69) is 30.6 Å². The molecule has 0 saturated carbocycles. The number of aliphatic carboxylic acids is 2. The number of hydrogen-bond acceptors (Lipinski definition) is 9. The third-order valence-corrected chi connectivity index (χ3v) is 4.36. The second kappa shape index (κ2) is 11.5. The number of carbonyl (C=O) groups excluding carboxylic acids is 1. The van der Waals surface area contributed by atoms with Crippen molar-refractivity contribution in [3.05, 3.63) is 52.1 Å². The number of nitrogen functional groups attached to an aromatic ring is 1. The number of carbonyl (C=O) groups is 3. The Morgan fingerprint density at radius 3 is 2.45 bits per heavy atom. The fraction of sp³-hybridized carbons (Fsp3) is 0.211. The van der Waals surface area contributed by atoms with Crippen LogP contribution in [0.15, 0.2) is 35.3 Å². The average molecular weight is 481 g/mol. The Labute approximate surface area is 215 Å². The number of H-pyrrole nitrogens is 1. The number of nitrogens with zero attached hydrogens (tertiary/aromatic N) is 3. The molecule has 1 amide bonds. The molecule has 1 unspecified atom stereocenters. The second-order valence-corrected chi connectivity index (χ2v) is 6.71. The Balaban J connectivity index is 0.00000385. The van der Waals surface area contributed by atoms with Crippen LogP contribution < -0.4 is 21.9 Å². The molecule has 0 radical (unpaired) electrons. The number of benzene rings is 1. The van der Waals surface area contributed by atoms with Crippen molar-refractivity contribution in [1.29, 1.82) is 0 Å². The van der Waals surface area contributed by atoms with Gasteiger partial charge in [-0.2, -0.15) is 4.98 Å². The smallest absolute Gasteiger partial charge is 0.326 e. The molecule has 1 aromatic carbocycles. The molecule has 0 aliphatic carbocycles. The number of aromatic amines is 1. The van der Waals surface area contributed by atoms with E-state index in [0.29, 0.717) is 11.4 Å². The normalized spacial score (nSPS) is 11.3. The van der Waals surface area contributed by atoms with E-state index in [1.807, 2.05) is 0 Å². The van der Waals surface area contributed by atoms with Gasteiger partial charge in [-0.25, -0.2) is 14.8 Å². The van der Waals surface area contributed by atoms with E-state index in [4.69, 9.17) is 15.9 Å². The molecule has 0 aliphatic heterocycles. The molecule has 0 aliphatic rings. The number of rotatable bonds is 9. The van der Waals surface area contributed by atoms with Crippen molar-refractivity contribution in [2.75, 3.05) is 11.1 Å². The van der Waals surface area contributed by atoms with E-state index in [1.54, 1.807) is 12.1 Å². The first kappa shape index (κ1) is 26.0. The van der Waals surface area contributed by atoms with Gasteiger partial charge in [-0.15, -0.1) is 0 Å². The topological polar surface area (TPSA) is 213 Å². The zero-order valence-electron chi connectivity index (χ0n) is 16.9. The molecule has 0 fully saturated rings. The molecule has 0 saturated heterocycles. The van der Waals surface area contributed by atoms with Crippen molar-refractivity contribution >= 4 is 40.6 Å². The van der Waals surface area contributed by atoms with Crippen molar-refractivity contribution in [2.45, 2.75) is 25.4 Å². The van der Waals surface area contributed by atoms with E-state index < -0.39 is 29.4 Å². The maximum absolute atomic E-state index is 12.3. The average Bonchev–Trinajstić information content (AvgIpc) is 2.75. The number of hydrogen-bond donors (Lipinski definition) is 6. The summed E-state index contributed by atoms with van der Waals surface area (Å²) in [4.78, 5) is 60.6. The summed E-state index contributed by atoms with van der Waals surface area (Å²) in [6.07, 6.45) is 0.840. The first-order valence-corrected chi connectivity index (χ1v) is 9.33. The molecule has 3 aromatic rings. The van der Waals surface area contributed by atoms with Gasteiger partial charge in [0.15, 0.2) is 11.2 Å². The number of carboxylic acids is 2. The molecule has 0 bridgehead atoms. The maximum atomic E-state index is 12.3. The van der Waals surface area contributed by atoms with Crippen LogP contribution in [0.4, 0.5) is 11.6 Å². The van der Waals surface area contributed by atoms with Crippen LogP contribution in [0, 0.1) is 37.7 Å². The first-order valence-electron chi connectivity index (χ1n) is 9.33. The monoisotopic (exact) mass is 481 g/mol. The van der Waals surface area contributed by atoms with E-state index in [0.717, 1.165) is 0 Å². The summed E-state index contributed by atoms with van der Waals surface area (Å²) in [5.41, 5.74) is 6.47. The van der Waals surface area contributed by atoms with Crippen molar-refractivity contribution in [3.8, 4) is 0 Å². The Bertz CT molecular complexity index is 1230. The van der Waals surface area contributed by atoms with Gasteiger partial charge >= 0.3 is 11.9 Å². The number of carboxylic acid groups (broad SMARTS) is 2. The molecule has 0 spiro atoms. The summed E-state index contributed by atoms with van der Waals surface area (Å²) in [6.45, 7) is 0.231. The van der Waals surface area contributed by atoms with Gasteiger partial charge in [-0.1, -0.05) is 0 Å². The van der Waals surface area contributed by atoms with Gasteiger partial charge in [-0.3, -0.25) is 19.4 Å². The number of nitrogens with one attached hydrogen (secondary N) is 3. The minimum absolute atomic E-state index is 0. The molecular formula is C19H19ArN7O6. The number of nitrogens with two attached hydrogens (primary N) is 1. The third-order valence-electron chi connectivity index (χ3n) is 4.36. The zero-order valence-corrected chi connectivity index (χ0v) is 17.6. The van der Waals surface area contributed by atoms with Crippen LogP contribution in [-0.4, -0.2) is 54.0 Å². The molecular weight excluding hydrogens is 462 g/mol. The van der Waals surface area contributed by atoms with Crippen molar-refractivity contribution in [1.82, 2.24) is 25.3 Å². The molecule has 13 nitrogen and oxygen atoms in total. The quantitative estimate of drug-likeness (QED) is 0.238. The second-order valence-electron chi connectivity index (χ2n) is 6.71. The van der Waals surface area contributed by atoms with Crippen molar-refractivity contribution in [3.63, 3.8) is 0 Å². The van der Waals surface area contributed by atoms with Crippen LogP contribution in [-0.2, 0) is 16.1 Å². The first-order chi connectivity index (χ1) is 15.2. The summed E-state index contributed by atoms with van der Waals surface area (Å²) in [6, 6.07) is 4.86. The summed E-state index contributed by atoms with van der Waals surface area (Å²) in [5, 5.41) is 23.2. The van der Waals surface area contributed by atoms with Gasteiger partial charge in [0.2, 0.25) is 5.95 Å². The molecule has 14 heteroatoms. The molecule has 2 aromatic heterocycles. The Morgan fingerprint density at radius 2 is 1.82 bits per heavy atom. The maximum Gasteiger partial charge on any atom is 0.326 e. The van der Waals surface area contributed by atoms with E-state index in [-0.39, 0.29) is 79.8 Å². The van der Waals surface area contributed by atoms with Gasteiger partial charge in [0.05, 0.1) is 18.4 Å². The van der Waals surface area contributed by atoms with E-state index in [1.165, 1.54) is 18.3 Å². The van der Waals surface area contributed by atoms with Gasteiger partial charge in [0.1, 0.15) is 6.04 Å². The molecule has 33 heavy (non-hydrogen) atoms. The third kappa shape index (κ3) is 7.10. The SMILES string of the molecule is Nc1nc2ncc(CNc3ccc(C(=O)NC(CCC(=O)O)C(=O)O)cc3)nc2c(=O)[nH]1.[Ar]. The summed E-state index contributed by atoms with van der Waals surface area (Å²) in [5.74, 6) is -3.16. The van der Waals surface area contributed by atoms with Gasteiger partial charge < -0.3 is 26.6 Å². The van der Waals surface area contributed by atoms with Crippen LogP contribution in [0.2, 0.25) is 0 Å². The molecule has 2 heterocycles. The minimum Gasteiger partial charge on any atom is -0.481 e. The predicted molar refractivity (Wildman–Crippen MR) is 112 cm³/mol. The zero-order chi connectivity index (χ0) is 23.3. The minimum atomic E-state index is -1.31. The van der Waals surface area contributed by atoms with E-state index >= 15 is 0 Å². The molecule has 7 N–H and O–H groups in total. The van der Waals surface area contributed by atoms with Crippen molar-refractivity contribution in [2.24, 2.45) is 0 Å². The Hall–Kier alpha value is -3.29. The predicted octanol–water partition coefficient (Wildman–Crippen LogP) is -0.0448. The summed E-state index contributed by atoms with van der Waals surface area (Å²) in [7, 11) is 0.